The van der Waals surface area contributed by atoms with Gasteiger partial charge in [0.2, 0.25) is 5.91 Å². The Morgan fingerprint density at radius 1 is 1.47 bits per heavy atom. The summed E-state index contributed by atoms with van der Waals surface area (Å²) in [6, 6.07) is 5.82. The van der Waals surface area contributed by atoms with Crippen LogP contribution >= 0.6 is 0 Å². The number of benzene rings is 1. The highest BCUT2D eigenvalue weighted by Gasteiger charge is 2.02. The predicted molar refractivity (Wildman–Crippen MR) is 64.3 cm³/mol. The zero-order valence-corrected chi connectivity index (χ0v) is 9.44. The molecule has 5 heteroatoms. The molecule has 0 atom stereocenters. The number of rotatable bonds is 5. The van der Waals surface area contributed by atoms with Gasteiger partial charge in [-0.25, -0.2) is 4.98 Å². The molecule has 5 nitrogen and oxygen atoms in total. The first-order valence-corrected chi connectivity index (χ1v) is 5.59. The van der Waals surface area contributed by atoms with Gasteiger partial charge in [-0.3, -0.25) is 4.79 Å². The summed E-state index contributed by atoms with van der Waals surface area (Å²) in [5.74, 6) is -0.0382. The zero-order valence-electron chi connectivity index (χ0n) is 9.44. The number of fused-ring (bicyclic) bond motifs is 1. The highest BCUT2D eigenvalue weighted by atomic mass is 16.3. The highest BCUT2D eigenvalue weighted by molar-refractivity contribution is 5.77. The van der Waals surface area contributed by atoms with Crippen LogP contribution in [-0.2, 0) is 11.3 Å². The number of nitrogens with zero attached hydrogens (tertiary/aromatic N) is 1. The van der Waals surface area contributed by atoms with Crippen LogP contribution in [0.25, 0.3) is 11.0 Å². The van der Waals surface area contributed by atoms with E-state index in [1.54, 1.807) is 6.33 Å². The Balaban J connectivity index is 1.92. The van der Waals surface area contributed by atoms with Crippen LogP contribution in [0.2, 0.25) is 0 Å². The van der Waals surface area contributed by atoms with Gasteiger partial charge in [0.1, 0.15) is 0 Å². The van der Waals surface area contributed by atoms with E-state index in [-0.39, 0.29) is 12.5 Å². The van der Waals surface area contributed by atoms with Crippen LogP contribution in [0.5, 0.6) is 0 Å². The number of hydrogen-bond acceptors (Lipinski definition) is 3. The van der Waals surface area contributed by atoms with Gasteiger partial charge in [-0.05, 0) is 24.1 Å². The number of carbonyl (C=O) groups is 1. The molecule has 0 saturated carbocycles. The van der Waals surface area contributed by atoms with Crippen molar-refractivity contribution in [2.24, 2.45) is 0 Å². The number of carbonyl (C=O) groups excluding carboxylic acids is 1. The molecule has 0 aliphatic carbocycles. The Morgan fingerprint density at radius 3 is 3.18 bits per heavy atom. The maximum absolute atomic E-state index is 11.3. The van der Waals surface area contributed by atoms with Crippen molar-refractivity contribution in [3.05, 3.63) is 30.1 Å². The summed E-state index contributed by atoms with van der Waals surface area (Å²) in [5.41, 5.74) is 2.91. The first-order chi connectivity index (χ1) is 8.29. The number of hydrogen-bond donors (Lipinski definition) is 3. The fourth-order valence-corrected chi connectivity index (χ4v) is 1.62. The number of aromatic amines is 1. The van der Waals surface area contributed by atoms with Crippen LogP contribution in [0.4, 0.5) is 0 Å². The summed E-state index contributed by atoms with van der Waals surface area (Å²) < 4.78 is 0. The maximum atomic E-state index is 11.3. The van der Waals surface area contributed by atoms with Crippen molar-refractivity contribution in [1.82, 2.24) is 15.3 Å². The van der Waals surface area contributed by atoms with E-state index in [1.165, 1.54) is 0 Å². The summed E-state index contributed by atoms with van der Waals surface area (Å²) in [7, 11) is 0. The Hall–Kier alpha value is -1.88. The SMILES string of the molecule is O=C(CCCO)NCc1ccc2nc[nH]c2c1. The van der Waals surface area contributed by atoms with Crippen molar-refractivity contribution >= 4 is 16.9 Å². The fourth-order valence-electron chi connectivity index (χ4n) is 1.62. The normalized spacial score (nSPS) is 10.6. The van der Waals surface area contributed by atoms with Gasteiger partial charge in [0.25, 0.3) is 0 Å². The second-order valence-corrected chi connectivity index (χ2v) is 3.86. The van der Waals surface area contributed by atoms with Crippen LogP contribution in [-0.4, -0.2) is 27.6 Å². The van der Waals surface area contributed by atoms with E-state index in [1.807, 2.05) is 18.2 Å². The van der Waals surface area contributed by atoms with Crippen molar-refractivity contribution in [3.63, 3.8) is 0 Å². The molecule has 0 spiro atoms. The molecule has 1 aromatic carbocycles. The van der Waals surface area contributed by atoms with Crippen molar-refractivity contribution in [2.75, 3.05) is 6.61 Å². The molecule has 2 rings (SSSR count). The van der Waals surface area contributed by atoms with Gasteiger partial charge in [0.05, 0.1) is 17.4 Å². The van der Waals surface area contributed by atoms with Gasteiger partial charge >= 0.3 is 0 Å². The lowest BCUT2D eigenvalue weighted by atomic mass is 10.2. The molecule has 0 bridgehead atoms. The number of aliphatic hydroxyl groups excluding tert-OH is 1. The zero-order chi connectivity index (χ0) is 12.1. The van der Waals surface area contributed by atoms with E-state index in [9.17, 15) is 4.79 Å². The summed E-state index contributed by atoms with van der Waals surface area (Å²) in [4.78, 5) is 18.5. The molecule has 90 valence electrons. The molecule has 1 amide bonds. The molecular formula is C12H15N3O2. The molecule has 2 aromatic rings. The van der Waals surface area contributed by atoms with Crippen molar-refractivity contribution in [2.45, 2.75) is 19.4 Å². The van der Waals surface area contributed by atoms with Crippen LogP contribution < -0.4 is 5.32 Å². The third-order valence-corrected chi connectivity index (χ3v) is 2.54. The van der Waals surface area contributed by atoms with Crippen LogP contribution in [0.15, 0.2) is 24.5 Å². The Labute approximate surface area is 98.9 Å². The number of imidazole rings is 1. The molecule has 0 unspecified atom stereocenters. The molecule has 0 fully saturated rings. The average molecular weight is 233 g/mol. The van der Waals surface area contributed by atoms with Crippen molar-refractivity contribution < 1.29 is 9.90 Å². The monoisotopic (exact) mass is 233 g/mol. The summed E-state index contributed by atoms with van der Waals surface area (Å²) in [6.45, 7) is 0.548. The quantitative estimate of drug-likeness (QED) is 0.719. The molecule has 1 aromatic heterocycles. The fraction of sp³-hybridized carbons (Fsp3) is 0.333. The van der Waals surface area contributed by atoms with E-state index in [2.05, 4.69) is 15.3 Å². The third-order valence-electron chi connectivity index (χ3n) is 2.54. The number of aliphatic hydroxyl groups is 1. The lowest BCUT2D eigenvalue weighted by molar-refractivity contribution is -0.121. The lowest BCUT2D eigenvalue weighted by Crippen LogP contribution is -2.22. The largest absolute Gasteiger partial charge is 0.396 e. The molecule has 0 aliphatic rings. The van der Waals surface area contributed by atoms with Gasteiger partial charge in [-0.2, -0.15) is 0 Å². The van der Waals surface area contributed by atoms with Gasteiger partial charge in [0, 0.05) is 19.6 Å². The van der Waals surface area contributed by atoms with Crippen molar-refractivity contribution in [1.29, 1.82) is 0 Å². The molecule has 3 N–H and O–H groups in total. The first-order valence-electron chi connectivity index (χ1n) is 5.59. The second kappa shape index (κ2) is 5.45. The van der Waals surface area contributed by atoms with Gasteiger partial charge in [-0.15, -0.1) is 0 Å². The van der Waals surface area contributed by atoms with Gasteiger partial charge in [-0.1, -0.05) is 6.07 Å². The molecule has 0 aliphatic heterocycles. The predicted octanol–water partition coefficient (Wildman–Crippen LogP) is 0.952. The van der Waals surface area contributed by atoms with Crippen LogP contribution in [0.3, 0.4) is 0 Å². The number of amides is 1. The summed E-state index contributed by atoms with van der Waals surface area (Å²) in [6.07, 6.45) is 2.52. The minimum absolute atomic E-state index is 0.0382. The summed E-state index contributed by atoms with van der Waals surface area (Å²) >= 11 is 0. The first kappa shape index (κ1) is 11.6. The molecule has 17 heavy (non-hydrogen) atoms. The molecule has 1 heterocycles. The van der Waals surface area contributed by atoms with E-state index in [0.717, 1.165) is 16.6 Å². The van der Waals surface area contributed by atoms with Crippen LogP contribution in [0.1, 0.15) is 18.4 Å². The molecule has 0 saturated heterocycles. The second-order valence-electron chi connectivity index (χ2n) is 3.86. The Bertz CT molecular complexity index is 507. The van der Waals surface area contributed by atoms with E-state index in [4.69, 9.17) is 5.11 Å². The lowest BCUT2D eigenvalue weighted by Gasteiger charge is -2.04. The van der Waals surface area contributed by atoms with Gasteiger partial charge in [0.15, 0.2) is 0 Å². The molecular weight excluding hydrogens is 218 g/mol. The standard InChI is InChI=1S/C12H15N3O2/c16-5-1-2-12(17)13-7-9-3-4-10-11(6-9)15-8-14-10/h3-4,6,8,16H,1-2,5,7H2,(H,13,17)(H,14,15). The van der Waals surface area contributed by atoms with Crippen molar-refractivity contribution in [3.8, 4) is 0 Å². The maximum Gasteiger partial charge on any atom is 0.220 e. The van der Waals surface area contributed by atoms with E-state index in [0.29, 0.717) is 19.4 Å². The number of aromatic nitrogens is 2. The smallest absolute Gasteiger partial charge is 0.220 e. The number of H-pyrrole nitrogens is 1. The van der Waals surface area contributed by atoms with E-state index >= 15 is 0 Å². The Kier molecular flexibility index (Phi) is 3.72. The highest BCUT2D eigenvalue weighted by Crippen LogP contribution is 2.11. The summed E-state index contributed by atoms with van der Waals surface area (Å²) in [5, 5.41) is 11.4. The molecule has 0 radical (unpaired) electrons. The Morgan fingerprint density at radius 2 is 2.35 bits per heavy atom. The minimum atomic E-state index is -0.0382. The third kappa shape index (κ3) is 3.04. The van der Waals surface area contributed by atoms with Gasteiger partial charge < -0.3 is 15.4 Å². The van der Waals surface area contributed by atoms with Crippen LogP contribution in [0, 0.1) is 0 Å². The minimum Gasteiger partial charge on any atom is -0.396 e. The topological polar surface area (TPSA) is 78.0 Å². The average Bonchev–Trinajstić information content (AvgIpc) is 2.81. The number of nitrogens with one attached hydrogen (secondary N) is 2. The van der Waals surface area contributed by atoms with E-state index < -0.39 is 0 Å².